The summed E-state index contributed by atoms with van der Waals surface area (Å²) < 4.78 is 85.8. The van der Waals surface area contributed by atoms with Gasteiger partial charge in [0.25, 0.3) is 5.91 Å². The summed E-state index contributed by atoms with van der Waals surface area (Å²) in [5, 5.41) is 10.0. The normalized spacial score (nSPS) is 23.3. The van der Waals surface area contributed by atoms with Gasteiger partial charge in [0.15, 0.2) is 11.6 Å². The van der Waals surface area contributed by atoms with Crippen molar-refractivity contribution in [2.75, 3.05) is 56.6 Å². The van der Waals surface area contributed by atoms with Gasteiger partial charge in [0.1, 0.15) is 41.0 Å². The van der Waals surface area contributed by atoms with Crippen molar-refractivity contribution >= 4 is 60.7 Å². The highest BCUT2D eigenvalue weighted by molar-refractivity contribution is 7.23. The molecule has 1 amide bonds. The number of nitrogens with zero attached hydrogens (tertiary/aromatic N) is 6. The summed E-state index contributed by atoms with van der Waals surface area (Å²) in [5.41, 5.74) is 5.37. The molecule has 2 N–H and O–H groups in total. The molecule has 10 nitrogen and oxygen atoms in total. The third kappa shape index (κ3) is 5.46. The number of fused-ring (bicyclic) bond motifs is 4. The molecule has 6 heterocycles. The van der Waals surface area contributed by atoms with Crippen molar-refractivity contribution in [3.05, 3.63) is 34.4 Å². The van der Waals surface area contributed by atoms with E-state index in [1.165, 1.54) is 6.07 Å². The van der Waals surface area contributed by atoms with Gasteiger partial charge in [-0.1, -0.05) is 17.7 Å². The molecule has 1 unspecified atom stereocenters. The number of anilines is 2. The molecule has 4 aliphatic heterocycles. The molecule has 0 aliphatic carbocycles. The van der Waals surface area contributed by atoms with Gasteiger partial charge in [0.2, 0.25) is 0 Å². The second kappa shape index (κ2) is 12.8. The zero-order valence-corrected chi connectivity index (χ0v) is 28.6. The van der Waals surface area contributed by atoms with Gasteiger partial charge in [-0.3, -0.25) is 9.69 Å². The minimum atomic E-state index is -3.17. The Morgan fingerprint density at radius 2 is 2.04 bits per heavy atom. The average Bonchev–Trinajstić information content (AvgIpc) is 3.64. The summed E-state index contributed by atoms with van der Waals surface area (Å²) in [6.07, 6.45) is -1.22. The maximum absolute atomic E-state index is 17.2. The van der Waals surface area contributed by atoms with Crippen LogP contribution in [-0.4, -0.2) is 95.8 Å². The second-order valence-corrected chi connectivity index (χ2v) is 14.8. The fourth-order valence-electron chi connectivity index (χ4n) is 8.31. The molecule has 0 spiro atoms. The van der Waals surface area contributed by atoms with Gasteiger partial charge in [0.05, 0.1) is 33.3 Å². The summed E-state index contributed by atoms with van der Waals surface area (Å²) in [4.78, 5) is 26.5. The Kier molecular flexibility index (Phi) is 8.50. The number of halogens is 6. The van der Waals surface area contributed by atoms with E-state index in [1.807, 2.05) is 6.07 Å². The van der Waals surface area contributed by atoms with Crippen LogP contribution < -0.4 is 20.1 Å². The van der Waals surface area contributed by atoms with Crippen molar-refractivity contribution in [3.8, 4) is 29.0 Å². The van der Waals surface area contributed by atoms with Crippen LogP contribution in [0.2, 0.25) is 5.02 Å². The van der Waals surface area contributed by atoms with E-state index in [0.717, 1.165) is 41.7 Å². The lowest BCUT2D eigenvalue weighted by Gasteiger charge is -2.31. The maximum atomic E-state index is 17.2. The number of carbonyl (C=O) groups is 1. The largest absolute Gasteiger partial charge is 0.489 e. The number of aromatic nitrogens is 2. The van der Waals surface area contributed by atoms with Crippen molar-refractivity contribution in [1.82, 2.24) is 19.8 Å². The fourth-order valence-corrected chi connectivity index (χ4v) is 9.59. The molecule has 8 rings (SSSR count). The molecule has 51 heavy (non-hydrogen) atoms. The van der Waals surface area contributed by atoms with Crippen LogP contribution in [0.1, 0.15) is 37.7 Å². The van der Waals surface area contributed by atoms with Crippen LogP contribution >= 0.6 is 22.9 Å². The highest BCUT2D eigenvalue weighted by Crippen LogP contribution is 2.51. The van der Waals surface area contributed by atoms with Crippen molar-refractivity contribution in [1.29, 1.82) is 5.26 Å². The van der Waals surface area contributed by atoms with E-state index in [-0.39, 0.29) is 110 Å². The minimum Gasteiger partial charge on any atom is -0.489 e. The summed E-state index contributed by atoms with van der Waals surface area (Å²) >= 11 is 7.85. The molecule has 268 valence electrons. The SMILES string of the molecule is N#Cc1c(N)sc2c(F)ccc(-c3c(Cl)c4c5c(nc(OCC[C@@]67CCCN6C[C@H](F)C7)nc5c3F)N3CCN(C(=O)C(F)F)CCC3CO4)c12. The Balaban J connectivity index is 1.27. The van der Waals surface area contributed by atoms with Crippen molar-refractivity contribution in [2.45, 2.75) is 56.3 Å². The molecule has 17 heteroatoms. The second-order valence-electron chi connectivity index (χ2n) is 13.4. The van der Waals surface area contributed by atoms with Crippen LogP contribution in [-0.2, 0) is 4.79 Å². The number of benzene rings is 2. The predicted octanol–water partition coefficient (Wildman–Crippen LogP) is 6.31. The highest BCUT2D eigenvalue weighted by Gasteiger charge is 2.48. The lowest BCUT2D eigenvalue weighted by atomic mass is 9.90. The van der Waals surface area contributed by atoms with Crippen LogP contribution in [0.5, 0.6) is 11.8 Å². The topological polar surface area (TPSA) is 121 Å². The first kappa shape index (κ1) is 33.9. The third-order valence-electron chi connectivity index (χ3n) is 10.7. The number of carbonyl (C=O) groups excluding carboxylic acids is 1. The monoisotopic (exact) mass is 747 g/mol. The Morgan fingerprint density at radius 1 is 1.22 bits per heavy atom. The number of hydrogen-bond donors (Lipinski definition) is 1. The van der Waals surface area contributed by atoms with Crippen molar-refractivity contribution in [3.63, 3.8) is 0 Å². The van der Waals surface area contributed by atoms with E-state index in [1.54, 1.807) is 4.90 Å². The van der Waals surface area contributed by atoms with Crippen LogP contribution in [0.3, 0.4) is 0 Å². The Hall–Kier alpha value is -4.20. The molecule has 2 aromatic heterocycles. The lowest BCUT2D eigenvalue weighted by Crippen LogP contribution is -2.41. The van der Waals surface area contributed by atoms with Gasteiger partial charge in [-0.2, -0.15) is 24.0 Å². The zero-order valence-electron chi connectivity index (χ0n) is 27.0. The van der Waals surface area contributed by atoms with Crippen molar-refractivity contribution < 1.29 is 36.2 Å². The van der Waals surface area contributed by atoms with E-state index >= 15 is 4.39 Å². The molecule has 4 aliphatic rings. The molecule has 2 aromatic carbocycles. The van der Waals surface area contributed by atoms with Gasteiger partial charge in [0, 0.05) is 49.1 Å². The fraction of sp³-hybridized carbons (Fsp3) is 0.471. The summed E-state index contributed by atoms with van der Waals surface area (Å²) in [5.74, 6) is -2.63. The number of nitriles is 1. The van der Waals surface area contributed by atoms with E-state index in [0.29, 0.717) is 19.4 Å². The van der Waals surface area contributed by atoms with Gasteiger partial charge < -0.3 is 25.0 Å². The number of amides is 1. The van der Waals surface area contributed by atoms with E-state index in [4.69, 9.17) is 31.8 Å². The van der Waals surface area contributed by atoms with Gasteiger partial charge in [-0.15, -0.1) is 11.3 Å². The smallest absolute Gasteiger partial charge is 0.319 e. The number of rotatable bonds is 6. The quantitative estimate of drug-likeness (QED) is 0.227. The molecular weight excluding hydrogens is 717 g/mol. The molecule has 0 bridgehead atoms. The van der Waals surface area contributed by atoms with Crippen LogP contribution in [0.4, 0.5) is 32.8 Å². The summed E-state index contributed by atoms with van der Waals surface area (Å²) in [6.45, 7) is 1.28. The van der Waals surface area contributed by atoms with Gasteiger partial charge in [-0.05, 0) is 43.9 Å². The zero-order chi connectivity index (χ0) is 35.8. The van der Waals surface area contributed by atoms with Crippen LogP contribution in [0.25, 0.3) is 32.1 Å². The molecule has 0 radical (unpaired) electrons. The number of alkyl halides is 3. The highest BCUT2D eigenvalue weighted by atomic mass is 35.5. The summed E-state index contributed by atoms with van der Waals surface area (Å²) in [6, 6.07) is 3.77. The maximum Gasteiger partial charge on any atom is 0.319 e. The Labute approximate surface area is 297 Å². The molecular formula is C34H31ClF5N7O3S. The average molecular weight is 748 g/mol. The number of nitrogens with two attached hydrogens (primary N) is 1. The number of thiophene rings is 1. The first-order chi connectivity index (χ1) is 24.5. The summed E-state index contributed by atoms with van der Waals surface area (Å²) in [7, 11) is 0. The number of hydrogen-bond acceptors (Lipinski definition) is 10. The van der Waals surface area contributed by atoms with E-state index < -0.39 is 36.2 Å². The molecule has 3 saturated heterocycles. The van der Waals surface area contributed by atoms with Crippen LogP contribution in [0, 0.1) is 23.0 Å². The minimum absolute atomic E-state index is 0.0210. The van der Waals surface area contributed by atoms with Crippen molar-refractivity contribution in [2.24, 2.45) is 0 Å². The third-order valence-corrected chi connectivity index (χ3v) is 12.1. The Bertz CT molecular complexity index is 2130. The lowest BCUT2D eigenvalue weighted by molar-refractivity contribution is -0.142. The molecule has 4 aromatic rings. The number of ether oxygens (including phenoxy) is 2. The van der Waals surface area contributed by atoms with E-state index in [2.05, 4.69) is 9.88 Å². The molecule has 3 atom stereocenters. The van der Waals surface area contributed by atoms with E-state index in [9.17, 15) is 27.6 Å². The first-order valence-corrected chi connectivity index (χ1v) is 17.8. The van der Waals surface area contributed by atoms with Crippen LogP contribution in [0.15, 0.2) is 12.1 Å². The van der Waals surface area contributed by atoms with Gasteiger partial charge in [-0.25, -0.2) is 13.2 Å². The first-order valence-electron chi connectivity index (χ1n) is 16.6. The standard InChI is InChI=1S/C34H31ClF5N7O3S/c35-24-22(18-2-3-20(37)28-21(18)19(13-41)30(42)51-28)25(38)26-23-27(24)50-15-17-4-8-45(32(48)29(39)40)9-10-47(17)31(23)44-33(43-26)49-11-6-34-5-1-7-46(34)14-16(36)12-34/h2-3,16-17,29H,1,4-12,14-15,42H2/t16-,17?,34-/m1/s1. The number of nitrogen functional groups attached to an aromatic ring is 1. The predicted molar refractivity (Wildman–Crippen MR) is 181 cm³/mol. The Morgan fingerprint density at radius 3 is 2.82 bits per heavy atom. The molecule has 0 saturated carbocycles. The van der Waals surface area contributed by atoms with Gasteiger partial charge >= 0.3 is 12.4 Å². The molecule has 3 fully saturated rings.